The van der Waals surface area contributed by atoms with E-state index in [-0.39, 0.29) is 0 Å². The van der Waals surface area contributed by atoms with Crippen LogP contribution in [0.15, 0.2) is 0 Å². The molecule has 0 amide bonds. The molecule has 0 saturated carbocycles. The molecule has 3 heteroatoms. The van der Waals surface area contributed by atoms with Crippen molar-refractivity contribution in [3.05, 3.63) is 0 Å². The van der Waals surface area contributed by atoms with Crippen molar-refractivity contribution in [2.75, 3.05) is 12.3 Å². The van der Waals surface area contributed by atoms with Crippen molar-refractivity contribution in [2.24, 2.45) is 5.92 Å². The van der Waals surface area contributed by atoms with Crippen LogP contribution < -0.4 is 4.72 Å². The first-order chi connectivity index (χ1) is 5.48. The van der Waals surface area contributed by atoms with Crippen LogP contribution in [0, 0.1) is 5.92 Å². The standard InChI is InChI=1S/C9H21NOS/c1-5-12(4,11)10-8-6-7-9(2)3/h9H,4-8H2,1-3H3,(H,10,11). The molecule has 0 fully saturated rings. The summed E-state index contributed by atoms with van der Waals surface area (Å²) >= 11 is 0. The van der Waals surface area contributed by atoms with Crippen molar-refractivity contribution in [2.45, 2.75) is 33.6 Å². The van der Waals surface area contributed by atoms with Crippen molar-refractivity contribution in [1.82, 2.24) is 4.72 Å². The van der Waals surface area contributed by atoms with Gasteiger partial charge in [0.2, 0.25) is 0 Å². The van der Waals surface area contributed by atoms with Gasteiger partial charge in [-0.1, -0.05) is 20.8 Å². The van der Waals surface area contributed by atoms with Gasteiger partial charge in [-0.3, -0.25) is 4.21 Å². The van der Waals surface area contributed by atoms with E-state index in [0.29, 0.717) is 5.75 Å². The summed E-state index contributed by atoms with van der Waals surface area (Å²) in [4.78, 5) is 0. The zero-order valence-corrected chi connectivity index (χ0v) is 9.25. The van der Waals surface area contributed by atoms with Crippen molar-refractivity contribution in [3.63, 3.8) is 0 Å². The Balaban J connectivity index is 3.45. The number of hydrogen-bond acceptors (Lipinski definition) is 1. The van der Waals surface area contributed by atoms with Crippen LogP contribution >= 0.6 is 0 Å². The second kappa shape index (κ2) is 5.60. The summed E-state index contributed by atoms with van der Waals surface area (Å²) in [6.45, 7) is 7.11. The molecular formula is C9H21NOS. The molecule has 0 aromatic carbocycles. The van der Waals surface area contributed by atoms with Crippen LogP contribution in [0.3, 0.4) is 0 Å². The van der Waals surface area contributed by atoms with Crippen molar-refractivity contribution in [1.29, 1.82) is 0 Å². The summed E-state index contributed by atoms with van der Waals surface area (Å²) in [7, 11) is -1.97. The van der Waals surface area contributed by atoms with Gasteiger partial charge in [0.05, 0.1) is 0 Å². The molecule has 0 radical (unpaired) electrons. The highest BCUT2D eigenvalue weighted by Crippen LogP contribution is 2.01. The molecule has 12 heavy (non-hydrogen) atoms. The van der Waals surface area contributed by atoms with Crippen LogP contribution in [-0.4, -0.2) is 22.4 Å². The van der Waals surface area contributed by atoms with E-state index >= 15 is 0 Å². The van der Waals surface area contributed by atoms with Crippen LogP contribution in [0.25, 0.3) is 0 Å². The van der Waals surface area contributed by atoms with Gasteiger partial charge in [-0.2, -0.15) is 0 Å². The second-order valence-electron chi connectivity index (χ2n) is 3.53. The first-order valence-corrected chi connectivity index (χ1v) is 6.47. The van der Waals surface area contributed by atoms with Crippen molar-refractivity contribution < 1.29 is 4.21 Å². The Labute approximate surface area is 76.9 Å². The third-order valence-corrected chi connectivity index (χ3v) is 3.45. The van der Waals surface area contributed by atoms with Gasteiger partial charge in [0.25, 0.3) is 0 Å². The minimum Gasteiger partial charge on any atom is -0.253 e. The Bertz CT molecular complexity index is 195. The lowest BCUT2D eigenvalue weighted by molar-refractivity contribution is 0.552. The maximum absolute atomic E-state index is 11.4. The van der Waals surface area contributed by atoms with E-state index in [9.17, 15) is 4.21 Å². The molecule has 0 aliphatic heterocycles. The van der Waals surface area contributed by atoms with Gasteiger partial charge in [0.1, 0.15) is 0 Å². The molecule has 74 valence electrons. The SMILES string of the molecule is C=S(=O)(CC)NCCCC(C)C. The molecule has 0 aromatic heterocycles. The fourth-order valence-electron chi connectivity index (χ4n) is 0.871. The van der Waals surface area contributed by atoms with Crippen molar-refractivity contribution >= 4 is 15.6 Å². The monoisotopic (exact) mass is 191 g/mol. The summed E-state index contributed by atoms with van der Waals surface area (Å²) in [5.41, 5.74) is 0. The lowest BCUT2D eigenvalue weighted by Gasteiger charge is -2.09. The summed E-state index contributed by atoms with van der Waals surface area (Å²) in [6, 6.07) is 0. The number of nitrogens with one attached hydrogen (secondary N) is 1. The van der Waals surface area contributed by atoms with Gasteiger partial charge in [0.15, 0.2) is 0 Å². The lowest BCUT2D eigenvalue weighted by Crippen LogP contribution is -2.26. The zero-order valence-electron chi connectivity index (χ0n) is 8.43. The highest BCUT2D eigenvalue weighted by molar-refractivity contribution is 7.98. The average molecular weight is 191 g/mol. The van der Waals surface area contributed by atoms with Gasteiger partial charge >= 0.3 is 0 Å². The topological polar surface area (TPSA) is 29.1 Å². The number of hydrogen-bond donors (Lipinski definition) is 1. The molecule has 0 rings (SSSR count). The highest BCUT2D eigenvalue weighted by atomic mass is 32.2. The van der Waals surface area contributed by atoms with E-state index in [0.717, 1.165) is 18.9 Å². The third-order valence-electron chi connectivity index (χ3n) is 1.79. The normalized spacial score (nSPS) is 16.3. The molecule has 0 spiro atoms. The first-order valence-electron chi connectivity index (χ1n) is 4.57. The predicted molar refractivity (Wildman–Crippen MR) is 57.9 cm³/mol. The fraction of sp³-hybridized carbons (Fsp3) is 0.889. The molecule has 0 aliphatic rings. The smallest absolute Gasteiger partial charge is 0.0260 e. The Morgan fingerprint density at radius 3 is 2.50 bits per heavy atom. The molecule has 1 unspecified atom stereocenters. The minimum absolute atomic E-state index is 0.620. The largest absolute Gasteiger partial charge is 0.253 e. The van der Waals surface area contributed by atoms with Gasteiger partial charge in [0, 0.05) is 22.0 Å². The van der Waals surface area contributed by atoms with Gasteiger partial charge < -0.3 is 0 Å². The summed E-state index contributed by atoms with van der Waals surface area (Å²) in [5.74, 6) is 4.97. The van der Waals surface area contributed by atoms with Crippen LogP contribution in [0.4, 0.5) is 0 Å². The Kier molecular flexibility index (Phi) is 5.59. The Morgan fingerprint density at radius 2 is 2.08 bits per heavy atom. The van der Waals surface area contributed by atoms with Crippen LogP contribution in [-0.2, 0) is 9.71 Å². The summed E-state index contributed by atoms with van der Waals surface area (Å²) in [6.07, 6.45) is 2.27. The van der Waals surface area contributed by atoms with E-state index < -0.39 is 9.71 Å². The van der Waals surface area contributed by atoms with Gasteiger partial charge in [-0.05, 0) is 24.6 Å². The molecule has 0 aromatic rings. The Morgan fingerprint density at radius 1 is 1.50 bits per heavy atom. The molecule has 1 atom stereocenters. The molecule has 2 nitrogen and oxygen atoms in total. The van der Waals surface area contributed by atoms with Crippen LogP contribution in [0.1, 0.15) is 33.6 Å². The van der Waals surface area contributed by atoms with E-state index in [2.05, 4.69) is 24.4 Å². The van der Waals surface area contributed by atoms with Gasteiger partial charge in [-0.15, -0.1) is 0 Å². The lowest BCUT2D eigenvalue weighted by atomic mass is 10.1. The maximum atomic E-state index is 11.4. The molecule has 0 bridgehead atoms. The molecular weight excluding hydrogens is 170 g/mol. The van der Waals surface area contributed by atoms with Crippen LogP contribution in [0.2, 0.25) is 0 Å². The maximum Gasteiger partial charge on any atom is 0.0260 e. The second-order valence-corrected chi connectivity index (χ2v) is 6.02. The van der Waals surface area contributed by atoms with E-state index in [1.165, 1.54) is 6.42 Å². The molecule has 0 heterocycles. The molecule has 1 N–H and O–H groups in total. The molecule has 0 aliphatic carbocycles. The minimum atomic E-state index is -1.97. The zero-order chi connectivity index (χ0) is 9.61. The quantitative estimate of drug-likeness (QED) is 0.502. The van der Waals surface area contributed by atoms with Gasteiger partial charge in [-0.25, -0.2) is 4.72 Å². The average Bonchev–Trinajstić information content (AvgIpc) is 1.98. The summed E-state index contributed by atoms with van der Waals surface area (Å²) in [5, 5.41) is 0. The number of rotatable bonds is 6. The molecule has 0 saturated heterocycles. The van der Waals surface area contributed by atoms with Crippen molar-refractivity contribution in [3.8, 4) is 0 Å². The van der Waals surface area contributed by atoms with E-state index in [4.69, 9.17) is 0 Å². The van der Waals surface area contributed by atoms with Crippen LogP contribution in [0.5, 0.6) is 0 Å². The van der Waals surface area contributed by atoms with E-state index in [1.807, 2.05) is 6.92 Å². The highest BCUT2D eigenvalue weighted by Gasteiger charge is 1.98. The third kappa shape index (κ3) is 6.68. The fourth-order valence-corrected chi connectivity index (χ4v) is 1.59. The predicted octanol–water partition coefficient (Wildman–Crippen LogP) is 1.66. The van der Waals surface area contributed by atoms with E-state index in [1.54, 1.807) is 0 Å². The first kappa shape index (κ1) is 12.0. The Hall–Kier alpha value is -0.0200. The summed E-state index contributed by atoms with van der Waals surface area (Å²) < 4.78 is 14.4.